The molecule has 0 bridgehead atoms. The molecule has 1 aromatic rings. The van der Waals surface area contributed by atoms with Gasteiger partial charge in [0.25, 0.3) is 0 Å². The van der Waals surface area contributed by atoms with Crippen molar-refractivity contribution in [3.05, 3.63) is 21.9 Å². The third-order valence-electron chi connectivity index (χ3n) is 3.70. The summed E-state index contributed by atoms with van der Waals surface area (Å²) < 4.78 is 5.49. The Bertz CT molecular complexity index is 455. The van der Waals surface area contributed by atoms with Crippen molar-refractivity contribution in [3.8, 4) is 0 Å². The number of hydrogen-bond donors (Lipinski definition) is 2. The summed E-state index contributed by atoms with van der Waals surface area (Å²) in [5, 5.41) is 0. The Morgan fingerprint density at radius 2 is 1.68 bits per heavy atom. The van der Waals surface area contributed by atoms with Gasteiger partial charge in [0.2, 0.25) is 0 Å². The van der Waals surface area contributed by atoms with Gasteiger partial charge in [-0.15, -0.1) is 0 Å². The van der Waals surface area contributed by atoms with Crippen molar-refractivity contribution in [1.82, 2.24) is 9.97 Å². The molecule has 0 fully saturated rings. The molecule has 110 valence electrons. The number of halogens is 1. The lowest BCUT2D eigenvalue weighted by atomic mass is 10.2. The summed E-state index contributed by atoms with van der Waals surface area (Å²) in [5.74, 6) is -0.509. The van der Waals surface area contributed by atoms with E-state index >= 15 is 0 Å². The maximum Gasteiger partial charge on any atom is 0.356 e. The molecule has 19 heavy (non-hydrogen) atoms. The number of rotatable bonds is 6. The molecule has 0 spiro atoms. The van der Waals surface area contributed by atoms with Crippen LogP contribution in [0.4, 0.5) is 0 Å². The van der Waals surface area contributed by atoms with Gasteiger partial charge in [-0.2, -0.15) is 0 Å². The van der Waals surface area contributed by atoms with Crippen LogP contribution in [0.1, 0.15) is 37.0 Å². The molecule has 0 aliphatic carbocycles. The quantitative estimate of drug-likeness (QED) is 0.460. The smallest absolute Gasteiger partial charge is 0.356 e. The molecule has 0 aromatic carbocycles. The van der Waals surface area contributed by atoms with Crippen LogP contribution >= 0.6 is 0 Å². The third-order valence-corrected chi connectivity index (χ3v) is 3.70. The molecule has 0 radical (unpaired) electrons. The van der Waals surface area contributed by atoms with Crippen LogP contribution in [-0.4, -0.2) is 47.2 Å². The molecule has 1 heterocycles. The number of H-pyrrole nitrogens is 2. The van der Waals surface area contributed by atoms with Crippen LogP contribution in [0, 0.1) is 0 Å². The largest absolute Gasteiger partial charge is 1.00 e. The lowest BCUT2D eigenvalue weighted by Crippen LogP contribution is -3.00. The van der Waals surface area contributed by atoms with Crippen LogP contribution in [0.5, 0.6) is 0 Å². The summed E-state index contributed by atoms with van der Waals surface area (Å²) in [7, 11) is 1.30. The van der Waals surface area contributed by atoms with Gasteiger partial charge in [0, 0.05) is 0 Å². The van der Waals surface area contributed by atoms with Gasteiger partial charge in [-0.05, 0) is 20.8 Å². The first-order chi connectivity index (χ1) is 8.51. The van der Waals surface area contributed by atoms with E-state index in [2.05, 4.69) is 35.5 Å². The van der Waals surface area contributed by atoms with Gasteiger partial charge in [-0.25, -0.2) is 9.59 Å². The zero-order valence-corrected chi connectivity index (χ0v) is 13.5. The zero-order chi connectivity index (χ0) is 13.8. The van der Waals surface area contributed by atoms with Crippen LogP contribution in [0.15, 0.2) is 4.79 Å². The van der Waals surface area contributed by atoms with Crippen molar-refractivity contribution in [1.29, 1.82) is 0 Å². The normalized spacial score (nSPS) is 10.9. The maximum atomic E-state index is 11.6. The molecular weight excluding hydrogens is 314 g/mol. The Morgan fingerprint density at radius 1 is 1.16 bits per heavy atom. The number of aromatic amines is 2. The van der Waals surface area contributed by atoms with Gasteiger partial charge in [0.1, 0.15) is 12.2 Å². The molecule has 0 amide bonds. The standard InChI is InChI=1S/C12H21N3O3.BrH/c1-5-15(6-2,7-3)8-9-10(11(16)18-4)14-12(17)13-9;/h5-8H2,1-4H3,(H-,13,14,16,17);1H. The minimum atomic E-state index is -0.509. The highest BCUT2D eigenvalue weighted by molar-refractivity contribution is 5.88. The second-order valence-electron chi connectivity index (χ2n) is 4.37. The first-order valence-corrected chi connectivity index (χ1v) is 6.26. The molecule has 7 heteroatoms. The fourth-order valence-electron chi connectivity index (χ4n) is 2.16. The molecule has 0 saturated carbocycles. The molecule has 0 saturated heterocycles. The van der Waals surface area contributed by atoms with E-state index in [0.717, 1.165) is 24.1 Å². The van der Waals surface area contributed by atoms with Crippen LogP contribution < -0.4 is 22.7 Å². The summed E-state index contributed by atoms with van der Waals surface area (Å²) >= 11 is 0. The van der Waals surface area contributed by atoms with E-state index in [1.807, 2.05) is 0 Å². The molecule has 6 nitrogen and oxygen atoms in total. The minimum Gasteiger partial charge on any atom is -1.00 e. The molecule has 0 aliphatic heterocycles. The van der Waals surface area contributed by atoms with Crippen LogP contribution in [-0.2, 0) is 11.3 Å². The average Bonchev–Trinajstić information content (AvgIpc) is 2.76. The Hall–Kier alpha value is -1.08. The minimum absolute atomic E-state index is 0. The number of ether oxygens (including phenoxy) is 1. The summed E-state index contributed by atoms with van der Waals surface area (Å²) in [6.45, 7) is 9.77. The fourth-order valence-corrected chi connectivity index (χ4v) is 2.16. The first kappa shape index (κ1) is 17.9. The lowest BCUT2D eigenvalue weighted by Gasteiger charge is -2.35. The highest BCUT2D eigenvalue weighted by Gasteiger charge is 2.26. The second kappa shape index (κ2) is 7.49. The third kappa shape index (κ3) is 3.94. The Kier molecular flexibility index (Phi) is 7.07. The number of esters is 1. The highest BCUT2D eigenvalue weighted by Crippen LogP contribution is 2.14. The molecule has 0 unspecified atom stereocenters. The molecule has 1 aromatic heterocycles. The van der Waals surface area contributed by atoms with Crippen molar-refractivity contribution < 1.29 is 31.0 Å². The van der Waals surface area contributed by atoms with Crippen molar-refractivity contribution in [2.75, 3.05) is 26.7 Å². The van der Waals surface area contributed by atoms with Crippen LogP contribution in [0.25, 0.3) is 0 Å². The van der Waals surface area contributed by atoms with E-state index in [1.165, 1.54) is 7.11 Å². The highest BCUT2D eigenvalue weighted by atomic mass is 79.9. The number of nitrogens with zero attached hydrogens (tertiary/aromatic N) is 1. The Morgan fingerprint density at radius 3 is 2.11 bits per heavy atom. The van der Waals surface area contributed by atoms with Gasteiger partial charge in [-0.3, -0.25) is 4.98 Å². The monoisotopic (exact) mass is 335 g/mol. The molecule has 0 aliphatic rings. The van der Waals surface area contributed by atoms with E-state index in [1.54, 1.807) is 0 Å². The number of aromatic nitrogens is 2. The van der Waals surface area contributed by atoms with Crippen molar-refractivity contribution >= 4 is 5.97 Å². The van der Waals surface area contributed by atoms with E-state index < -0.39 is 5.97 Å². The van der Waals surface area contributed by atoms with Gasteiger partial charge in [-0.1, -0.05) is 0 Å². The topological polar surface area (TPSA) is 75.0 Å². The van der Waals surface area contributed by atoms with Crippen LogP contribution in [0.2, 0.25) is 0 Å². The van der Waals surface area contributed by atoms with E-state index in [9.17, 15) is 9.59 Å². The number of quaternary nitrogens is 1. The van der Waals surface area contributed by atoms with Gasteiger partial charge < -0.3 is 31.2 Å². The van der Waals surface area contributed by atoms with Crippen LogP contribution in [0.3, 0.4) is 0 Å². The summed E-state index contributed by atoms with van der Waals surface area (Å²) in [5.41, 5.74) is 0.490. The van der Waals surface area contributed by atoms with Crippen molar-refractivity contribution in [2.45, 2.75) is 27.3 Å². The lowest BCUT2D eigenvalue weighted by molar-refractivity contribution is -0.936. The van der Waals surface area contributed by atoms with Gasteiger partial charge in [0.15, 0.2) is 5.69 Å². The van der Waals surface area contributed by atoms with Gasteiger partial charge in [0.05, 0.1) is 26.7 Å². The number of nitrogens with one attached hydrogen (secondary N) is 2. The molecule has 2 N–H and O–H groups in total. The average molecular weight is 336 g/mol. The first-order valence-electron chi connectivity index (χ1n) is 6.26. The number of imidazole rings is 1. The van der Waals surface area contributed by atoms with Crippen molar-refractivity contribution in [3.63, 3.8) is 0 Å². The van der Waals surface area contributed by atoms with E-state index in [4.69, 9.17) is 0 Å². The molecule has 1 rings (SSSR count). The summed E-state index contributed by atoms with van der Waals surface area (Å²) in [6.07, 6.45) is 0. The number of carbonyl (C=O) groups excluding carboxylic acids is 1. The van der Waals surface area contributed by atoms with Gasteiger partial charge >= 0.3 is 11.7 Å². The van der Waals surface area contributed by atoms with Crippen molar-refractivity contribution in [2.24, 2.45) is 0 Å². The Balaban J connectivity index is 0.00000324. The number of methoxy groups -OCH3 is 1. The maximum absolute atomic E-state index is 11.6. The molecule has 0 atom stereocenters. The fraction of sp³-hybridized carbons (Fsp3) is 0.667. The van der Waals surface area contributed by atoms with E-state index in [-0.39, 0.29) is 28.4 Å². The van der Waals surface area contributed by atoms with E-state index in [0.29, 0.717) is 12.2 Å². The predicted molar refractivity (Wildman–Crippen MR) is 68.3 cm³/mol. The Labute approximate surface area is 123 Å². The second-order valence-corrected chi connectivity index (χ2v) is 4.37. The predicted octanol–water partition coefficient (Wildman–Crippen LogP) is -2.13. The zero-order valence-electron chi connectivity index (χ0n) is 11.9. The summed E-state index contributed by atoms with van der Waals surface area (Å²) in [6, 6.07) is 0. The SMILES string of the molecule is CC[N+](CC)(CC)Cc1[nH]c(=O)[nH]c1C(=O)OC.[Br-]. The summed E-state index contributed by atoms with van der Waals surface area (Å²) in [4.78, 5) is 28.1. The molecular formula is C12H22BrN3O3. The number of hydrogen-bond acceptors (Lipinski definition) is 3. The number of carbonyl (C=O) groups is 1.